The fraction of sp³-hybridized carbons (Fsp3) is 0.267. The van der Waals surface area contributed by atoms with Gasteiger partial charge in [-0.15, -0.1) is 0 Å². The molecule has 2 rings (SSSR count). The third-order valence-electron chi connectivity index (χ3n) is 3.13. The topological polar surface area (TPSA) is 26.3 Å². The van der Waals surface area contributed by atoms with E-state index in [4.69, 9.17) is 4.74 Å². The quantitative estimate of drug-likeness (QED) is 0.787. The zero-order valence-corrected chi connectivity index (χ0v) is 12.0. The van der Waals surface area contributed by atoms with Gasteiger partial charge in [-0.05, 0) is 46.5 Å². The van der Waals surface area contributed by atoms with Gasteiger partial charge in [0, 0.05) is 10.9 Å². The lowest BCUT2D eigenvalue weighted by atomic mass is 9.94. The number of aldehydes is 1. The molecular weight excluding hydrogens is 292 g/mol. The standard InChI is InChI=1S/C15H15BrO2/c1-10(5-6-17)14-8-12-7-13(16)4-3-11(12)9-15(14)18-2/h3-4,6-10H,5H2,1-2H3. The van der Waals surface area contributed by atoms with Crippen LogP contribution in [0.25, 0.3) is 10.8 Å². The van der Waals surface area contributed by atoms with Crippen LogP contribution in [0.3, 0.4) is 0 Å². The van der Waals surface area contributed by atoms with Crippen LogP contribution < -0.4 is 4.74 Å². The van der Waals surface area contributed by atoms with Crippen LogP contribution in [0.4, 0.5) is 0 Å². The van der Waals surface area contributed by atoms with Gasteiger partial charge in [0.25, 0.3) is 0 Å². The average molecular weight is 307 g/mol. The molecule has 0 aliphatic carbocycles. The van der Waals surface area contributed by atoms with E-state index in [0.717, 1.165) is 32.8 Å². The van der Waals surface area contributed by atoms with Gasteiger partial charge < -0.3 is 9.53 Å². The molecule has 0 saturated heterocycles. The highest BCUT2D eigenvalue weighted by molar-refractivity contribution is 9.10. The number of rotatable bonds is 4. The van der Waals surface area contributed by atoms with Gasteiger partial charge in [-0.3, -0.25) is 0 Å². The van der Waals surface area contributed by atoms with E-state index in [0.29, 0.717) is 6.42 Å². The number of methoxy groups -OCH3 is 1. The van der Waals surface area contributed by atoms with Crippen molar-refractivity contribution in [1.29, 1.82) is 0 Å². The highest BCUT2D eigenvalue weighted by atomic mass is 79.9. The molecule has 0 saturated carbocycles. The van der Waals surface area contributed by atoms with Crippen LogP contribution in [0.1, 0.15) is 24.8 Å². The zero-order chi connectivity index (χ0) is 13.1. The Labute approximate surface area is 115 Å². The number of hydrogen-bond acceptors (Lipinski definition) is 2. The van der Waals surface area contributed by atoms with Crippen molar-refractivity contribution in [2.75, 3.05) is 7.11 Å². The number of carbonyl (C=O) groups excluding carboxylic acids is 1. The van der Waals surface area contributed by atoms with Crippen LogP contribution in [0, 0.1) is 0 Å². The maximum absolute atomic E-state index is 10.7. The highest BCUT2D eigenvalue weighted by Gasteiger charge is 2.12. The van der Waals surface area contributed by atoms with E-state index in [1.807, 2.05) is 19.1 Å². The summed E-state index contributed by atoms with van der Waals surface area (Å²) in [5, 5.41) is 2.29. The summed E-state index contributed by atoms with van der Waals surface area (Å²) in [6.07, 6.45) is 1.46. The van der Waals surface area contributed by atoms with E-state index in [9.17, 15) is 4.79 Å². The first-order valence-corrected chi connectivity index (χ1v) is 6.66. The number of carbonyl (C=O) groups is 1. The van der Waals surface area contributed by atoms with Crippen molar-refractivity contribution >= 4 is 33.0 Å². The van der Waals surface area contributed by atoms with Crippen LogP contribution in [-0.4, -0.2) is 13.4 Å². The lowest BCUT2D eigenvalue weighted by Crippen LogP contribution is -1.98. The summed E-state index contributed by atoms with van der Waals surface area (Å²) in [6.45, 7) is 2.04. The normalized spacial score (nSPS) is 12.4. The third-order valence-corrected chi connectivity index (χ3v) is 3.62. The lowest BCUT2D eigenvalue weighted by Gasteiger charge is -2.15. The van der Waals surface area contributed by atoms with Gasteiger partial charge in [0.15, 0.2) is 0 Å². The minimum Gasteiger partial charge on any atom is -0.496 e. The Kier molecular flexibility index (Phi) is 4.02. The molecule has 3 heteroatoms. The molecule has 0 spiro atoms. The fourth-order valence-corrected chi connectivity index (χ4v) is 2.48. The lowest BCUT2D eigenvalue weighted by molar-refractivity contribution is -0.108. The molecule has 0 N–H and O–H groups in total. The first-order chi connectivity index (χ1) is 8.65. The van der Waals surface area contributed by atoms with Gasteiger partial charge in [-0.2, -0.15) is 0 Å². The van der Waals surface area contributed by atoms with Gasteiger partial charge in [0.2, 0.25) is 0 Å². The Balaban J connectivity index is 2.59. The Morgan fingerprint density at radius 2 is 2.06 bits per heavy atom. The Morgan fingerprint density at radius 3 is 2.72 bits per heavy atom. The summed E-state index contributed by atoms with van der Waals surface area (Å²) in [5.41, 5.74) is 1.08. The molecular formula is C15H15BrO2. The molecule has 94 valence electrons. The van der Waals surface area contributed by atoms with E-state index >= 15 is 0 Å². The van der Waals surface area contributed by atoms with Gasteiger partial charge in [0.05, 0.1) is 7.11 Å². The highest BCUT2D eigenvalue weighted by Crippen LogP contribution is 2.33. The fourth-order valence-electron chi connectivity index (χ4n) is 2.10. The Hall–Kier alpha value is -1.35. The largest absolute Gasteiger partial charge is 0.496 e. The van der Waals surface area contributed by atoms with Crippen molar-refractivity contribution in [3.8, 4) is 5.75 Å². The van der Waals surface area contributed by atoms with Crippen molar-refractivity contribution in [3.63, 3.8) is 0 Å². The summed E-state index contributed by atoms with van der Waals surface area (Å²) < 4.78 is 6.47. The molecule has 0 aliphatic rings. The number of fused-ring (bicyclic) bond motifs is 1. The van der Waals surface area contributed by atoms with Crippen LogP contribution >= 0.6 is 15.9 Å². The summed E-state index contributed by atoms with van der Waals surface area (Å²) >= 11 is 3.47. The number of ether oxygens (including phenoxy) is 1. The van der Waals surface area contributed by atoms with Crippen molar-refractivity contribution in [2.24, 2.45) is 0 Å². The predicted octanol–water partition coefficient (Wildman–Crippen LogP) is 4.30. The Morgan fingerprint density at radius 1 is 1.28 bits per heavy atom. The molecule has 0 heterocycles. The third kappa shape index (κ3) is 2.56. The second-order valence-electron chi connectivity index (χ2n) is 4.39. The molecule has 0 bridgehead atoms. The Bertz CT molecular complexity index is 578. The molecule has 2 nitrogen and oxygen atoms in total. The molecule has 0 fully saturated rings. The first kappa shape index (κ1) is 13.1. The van der Waals surface area contributed by atoms with E-state index in [-0.39, 0.29) is 5.92 Å². The second kappa shape index (κ2) is 5.53. The van der Waals surface area contributed by atoms with E-state index in [2.05, 4.69) is 34.1 Å². The summed E-state index contributed by atoms with van der Waals surface area (Å²) in [4.78, 5) is 10.7. The van der Waals surface area contributed by atoms with Gasteiger partial charge >= 0.3 is 0 Å². The van der Waals surface area contributed by atoms with E-state index < -0.39 is 0 Å². The molecule has 2 aromatic carbocycles. The molecule has 0 aliphatic heterocycles. The molecule has 0 amide bonds. The smallest absolute Gasteiger partial charge is 0.122 e. The van der Waals surface area contributed by atoms with E-state index in [1.54, 1.807) is 7.11 Å². The van der Waals surface area contributed by atoms with Crippen molar-refractivity contribution < 1.29 is 9.53 Å². The van der Waals surface area contributed by atoms with Crippen molar-refractivity contribution in [1.82, 2.24) is 0 Å². The maximum atomic E-state index is 10.7. The van der Waals surface area contributed by atoms with Gasteiger partial charge in [-0.1, -0.05) is 28.9 Å². The summed E-state index contributed by atoms with van der Waals surface area (Å²) in [7, 11) is 1.66. The minimum absolute atomic E-state index is 0.167. The second-order valence-corrected chi connectivity index (χ2v) is 5.30. The molecule has 0 aromatic heterocycles. The van der Waals surface area contributed by atoms with Crippen molar-refractivity contribution in [2.45, 2.75) is 19.3 Å². The SMILES string of the molecule is COc1cc2ccc(Br)cc2cc1C(C)CC=O. The summed E-state index contributed by atoms with van der Waals surface area (Å²) in [6, 6.07) is 10.3. The molecule has 18 heavy (non-hydrogen) atoms. The molecule has 0 radical (unpaired) electrons. The minimum atomic E-state index is 0.167. The zero-order valence-electron chi connectivity index (χ0n) is 10.4. The number of hydrogen-bond donors (Lipinski definition) is 0. The molecule has 1 atom stereocenters. The van der Waals surface area contributed by atoms with E-state index in [1.165, 1.54) is 0 Å². The number of halogens is 1. The van der Waals surface area contributed by atoms with Crippen molar-refractivity contribution in [3.05, 3.63) is 40.4 Å². The van der Waals surface area contributed by atoms with Crippen LogP contribution in [0.5, 0.6) is 5.75 Å². The monoisotopic (exact) mass is 306 g/mol. The van der Waals surface area contributed by atoms with Crippen LogP contribution in [0.2, 0.25) is 0 Å². The maximum Gasteiger partial charge on any atom is 0.122 e. The van der Waals surface area contributed by atoms with Crippen LogP contribution in [-0.2, 0) is 4.79 Å². The van der Waals surface area contributed by atoms with Crippen LogP contribution in [0.15, 0.2) is 34.8 Å². The predicted molar refractivity (Wildman–Crippen MR) is 77.3 cm³/mol. The molecule has 1 unspecified atom stereocenters. The number of benzene rings is 2. The molecule has 2 aromatic rings. The van der Waals surface area contributed by atoms with Gasteiger partial charge in [-0.25, -0.2) is 0 Å². The first-order valence-electron chi connectivity index (χ1n) is 5.86. The average Bonchev–Trinajstić information content (AvgIpc) is 2.37. The van der Waals surface area contributed by atoms with Gasteiger partial charge in [0.1, 0.15) is 12.0 Å². The summed E-state index contributed by atoms with van der Waals surface area (Å²) in [5.74, 6) is 1.01.